The van der Waals surface area contributed by atoms with Crippen LogP contribution in [0.15, 0.2) is 29.3 Å². The van der Waals surface area contributed by atoms with Gasteiger partial charge in [0.1, 0.15) is 5.82 Å². The lowest BCUT2D eigenvalue weighted by Gasteiger charge is -2.08. The SMILES string of the molecule is COc1c(F)cc(F)cc1C(=O)c1ccc(SC)[nH]1. The van der Waals surface area contributed by atoms with E-state index in [1.165, 1.54) is 18.9 Å². The van der Waals surface area contributed by atoms with Gasteiger partial charge in [-0.2, -0.15) is 0 Å². The van der Waals surface area contributed by atoms with Gasteiger partial charge in [-0.15, -0.1) is 11.8 Å². The fourth-order valence-electron chi connectivity index (χ4n) is 1.71. The van der Waals surface area contributed by atoms with Gasteiger partial charge in [0, 0.05) is 6.07 Å². The summed E-state index contributed by atoms with van der Waals surface area (Å²) in [4.78, 5) is 15.1. The number of hydrogen-bond acceptors (Lipinski definition) is 3. The highest BCUT2D eigenvalue weighted by Crippen LogP contribution is 2.26. The maximum Gasteiger partial charge on any atom is 0.213 e. The number of aromatic amines is 1. The standard InChI is InChI=1S/C13H11F2NO2S/c1-18-13-8(5-7(14)6-9(13)15)12(17)10-3-4-11(16-10)19-2/h3-6,16H,1-2H3. The van der Waals surface area contributed by atoms with E-state index in [0.29, 0.717) is 6.07 Å². The predicted octanol–water partition coefficient (Wildman–Crippen LogP) is 3.25. The molecule has 1 heterocycles. The summed E-state index contributed by atoms with van der Waals surface area (Å²) >= 11 is 1.43. The van der Waals surface area contributed by atoms with Gasteiger partial charge in [0.25, 0.3) is 0 Å². The minimum Gasteiger partial charge on any atom is -0.493 e. The molecule has 0 fully saturated rings. The molecule has 0 aliphatic rings. The molecule has 0 saturated carbocycles. The Morgan fingerprint density at radius 1 is 1.32 bits per heavy atom. The van der Waals surface area contributed by atoms with Crippen molar-refractivity contribution in [3.05, 3.63) is 47.2 Å². The Balaban J connectivity index is 2.48. The predicted molar refractivity (Wildman–Crippen MR) is 68.9 cm³/mol. The number of nitrogens with one attached hydrogen (secondary N) is 1. The first-order valence-corrected chi connectivity index (χ1v) is 6.60. The molecule has 2 rings (SSSR count). The van der Waals surface area contributed by atoms with E-state index in [2.05, 4.69) is 4.98 Å². The molecule has 0 amide bonds. The lowest BCUT2D eigenvalue weighted by Crippen LogP contribution is -2.07. The second-order valence-corrected chi connectivity index (χ2v) is 4.59. The molecule has 3 nitrogen and oxygen atoms in total. The van der Waals surface area contributed by atoms with E-state index in [1.54, 1.807) is 12.1 Å². The first-order chi connectivity index (χ1) is 9.06. The summed E-state index contributed by atoms with van der Waals surface area (Å²) in [6, 6.07) is 4.93. The first-order valence-electron chi connectivity index (χ1n) is 5.37. The van der Waals surface area contributed by atoms with Crippen molar-refractivity contribution in [3.63, 3.8) is 0 Å². The molecule has 1 N–H and O–H groups in total. The topological polar surface area (TPSA) is 42.1 Å². The largest absolute Gasteiger partial charge is 0.493 e. The fourth-order valence-corrected chi connectivity index (χ4v) is 2.12. The van der Waals surface area contributed by atoms with Crippen LogP contribution in [0.4, 0.5) is 8.78 Å². The summed E-state index contributed by atoms with van der Waals surface area (Å²) < 4.78 is 31.6. The second kappa shape index (κ2) is 5.44. The molecule has 0 saturated heterocycles. The van der Waals surface area contributed by atoms with Crippen molar-refractivity contribution in [2.24, 2.45) is 0 Å². The van der Waals surface area contributed by atoms with Crippen molar-refractivity contribution in [3.8, 4) is 5.75 Å². The lowest BCUT2D eigenvalue weighted by molar-refractivity contribution is 0.103. The Kier molecular flexibility index (Phi) is 3.90. The number of methoxy groups -OCH3 is 1. The van der Waals surface area contributed by atoms with E-state index in [1.807, 2.05) is 6.26 Å². The van der Waals surface area contributed by atoms with Gasteiger partial charge in [-0.1, -0.05) is 0 Å². The van der Waals surface area contributed by atoms with Gasteiger partial charge in [-0.25, -0.2) is 8.78 Å². The number of halogens is 2. The third kappa shape index (κ3) is 2.63. The Hall–Kier alpha value is -1.82. The van der Waals surface area contributed by atoms with Gasteiger partial charge in [-0.3, -0.25) is 4.79 Å². The zero-order valence-corrected chi connectivity index (χ0v) is 11.1. The number of hydrogen-bond donors (Lipinski definition) is 1. The molecule has 1 aromatic carbocycles. The Bertz CT molecular complexity index is 625. The number of H-pyrrole nitrogens is 1. The van der Waals surface area contributed by atoms with Crippen LogP contribution in [0, 0.1) is 11.6 Å². The summed E-state index contributed by atoms with van der Waals surface area (Å²) in [5.74, 6) is -2.50. The normalized spacial score (nSPS) is 10.5. The summed E-state index contributed by atoms with van der Waals surface area (Å²) in [6.45, 7) is 0. The van der Waals surface area contributed by atoms with Crippen LogP contribution < -0.4 is 4.74 Å². The fraction of sp³-hybridized carbons (Fsp3) is 0.154. The van der Waals surface area contributed by atoms with Crippen LogP contribution in [0.3, 0.4) is 0 Å². The number of rotatable bonds is 4. The summed E-state index contributed by atoms with van der Waals surface area (Å²) in [5, 5.41) is 0.791. The molecule has 0 bridgehead atoms. The molecule has 0 aliphatic heterocycles. The zero-order valence-electron chi connectivity index (χ0n) is 10.3. The van der Waals surface area contributed by atoms with Crippen molar-refractivity contribution >= 4 is 17.5 Å². The smallest absolute Gasteiger partial charge is 0.213 e. The molecule has 0 radical (unpaired) electrons. The first kappa shape index (κ1) is 13.6. The average molecular weight is 283 g/mol. The molecule has 0 spiro atoms. The van der Waals surface area contributed by atoms with E-state index in [0.717, 1.165) is 11.1 Å². The number of thioether (sulfide) groups is 1. The minimum absolute atomic E-state index is 0.144. The van der Waals surface area contributed by atoms with Crippen LogP contribution >= 0.6 is 11.8 Å². The van der Waals surface area contributed by atoms with Crippen molar-refractivity contribution in [1.29, 1.82) is 0 Å². The highest BCUT2D eigenvalue weighted by atomic mass is 32.2. The van der Waals surface area contributed by atoms with Gasteiger partial charge >= 0.3 is 0 Å². The van der Waals surface area contributed by atoms with Crippen LogP contribution in [-0.2, 0) is 0 Å². The highest BCUT2D eigenvalue weighted by molar-refractivity contribution is 7.98. The molecular formula is C13H11F2NO2S. The average Bonchev–Trinajstić information content (AvgIpc) is 2.85. The maximum absolute atomic E-state index is 13.5. The maximum atomic E-state index is 13.5. The van der Waals surface area contributed by atoms with Gasteiger partial charge in [-0.05, 0) is 24.5 Å². The van der Waals surface area contributed by atoms with Crippen molar-refractivity contribution < 1.29 is 18.3 Å². The third-order valence-electron chi connectivity index (χ3n) is 2.58. The second-order valence-electron chi connectivity index (χ2n) is 3.74. The molecule has 0 atom stereocenters. The Morgan fingerprint density at radius 2 is 2.05 bits per heavy atom. The van der Waals surface area contributed by atoms with Gasteiger partial charge in [0.05, 0.1) is 23.4 Å². The molecule has 2 aromatic rings. The highest BCUT2D eigenvalue weighted by Gasteiger charge is 2.20. The van der Waals surface area contributed by atoms with Crippen LogP contribution in [0.1, 0.15) is 16.1 Å². The number of ether oxygens (including phenoxy) is 1. The van der Waals surface area contributed by atoms with E-state index in [-0.39, 0.29) is 17.0 Å². The quantitative estimate of drug-likeness (QED) is 0.692. The van der Waals surface area contributed by atoms with Crippen molar-refractivity contribution in [2.45, 2.75) is 5.03 Å². The van der Waals surface area contributed by atoms with Crippen LogP contribution in [-0.4, -0.2) is 24.1 Å². The number of carbonyl (C=O) groups excluding carboxylic acids is 1. The van der Waals surface area contributed by atoms with Crippen molar-refractivity contribution in [2.75, 3.05) is 13.4 Å². The summed E-state index contributed by atoms with van der Waals surface area (Å²) in [7, 11) is 1.23. The van der Waals surface area contributed by atoms with E-state index >= 15 is 0 Å². The molecule has 1 aromatic heterocycles. The lowest BCUT2D eigenvalue weighted by atomic mass is 10.1. The summed E-state index contributed by atoms with van der Waals surface area (Å²) in [6.07, 6.45) is 1.85. The molecule has 0 aliphatic carbocycles. The van der Waals surface area contributed by atoms with E-state index in [4.69, 9.17) is 4.74 Å². The van der Waals surface area contributed by atoms with Gasteiger partial charge in [0.2, 0.25) is 5.78 Å². The Morgan fingerprint density at radius 3 is 2.63 bits per heavy atom. The minimum atomic E-state index is -0.900. The van der Waals surface area contributed by atoms with Crippen molar-refractivity contribution in [1.82, 2.24) is 4.98 Å². The van der Waals surface area contributed by atoms with Crippen LogP contribution in [0.2, 0.25) is 0 Å². The monoisotopic (exact) mass is 283 g/mol. The molecule has 100 valence electrons. The van der Waals surface area contributed by atoms with E-state index < -0.39 is 17.4 Å². The van der Waals surface area contributed by atoms with Gasteiger partial charge in [0.15, 0.2) is 11.6 Å². The molecule has 6 heteroatoms. The zero-order chi connectivity index (χ0) is 14.0. The molecule has 19 heavy (non-hydrogen) atoms. The number of aromatic nitrogens is 1. The number of benzene rings is 1. The Labute approximate surface area is 113 Å². The summed E-state index contributed by atoms with van der Waals surface area (Å²) in [5.41, 5.74) is 0.113. The number of ketones is 1. The molecule has 0 unspecified atom stereocenters. The van der Waals surface area contributed by atoms with E-state index in [9.17, 15) is 13.6 Å². The molecular weight excluding hydrogens is 272 g/mol. The van der Waals surface area contributed by atoms with Crippen LogP contribution in [0.25, 0.3) is 0 Å². The van der Waals surface area contributed by atoms with Gasteiger partial charge < -0.3 is 9.72 Å². The van der Waals surface area contributed by atoms with Crippen LogP contribution in [0.5, 0.6) is 5.75 Å². The third-order valence-corrected chi connectivity index (χ3v) is 3.26. The number of carbonyl (C=O) groups is 1.